The molecule has 1 fully saturated rings. The number of ketones is 1. The van der Waals surface area contributed by atoms with Crippen molar-refractivity contribution in [2.75, 3.05) is 39.3 Å². The van der Waals surface area contributed by atoms with Crippen LogP contribution in [0, 0.1) is 13.8 Å². The van der Waals surface area contributed by atoms with E-state index in [4.69, 9.17) is 4.74 Å². The third-order valence-corrected chi connectivity index (χ3v) is 7.10. The first kappa shape index (κ1) is 28.1. The molecule has 0 atom stereocenters. The van der Waals surface area contributed by atoms with Gasteiger partial charge in [-0.2, -0.15) is 0 Å². The van der Waals surface area contributed by atoms with Gasteiger partial charge in [0.05, 0.1) is 13.1 Å². The molecule has 3 aromatic carbocycles. The fourth-order valence-electron chi connectivity index (χ4n) is 4.62. The Morgan fingerprint density at radius 1 is 0.795 bits per heavy atom. The summed E-state index contributed by atoms with van der Waals surface area (Å²) >= 11 is 0. The molecular formula is C34H38N2O3. The molecule has 0 aromatic heterocycles. The largest absolute Gasteiger partial charge is 0.492 e. The van der Waals surface area contributed by atoms with E-state index < -0.39 is 0 Å². The lowest BCUT2D eigenvalue weighted by Gasteiger charge is -2.30. The molecule has 0 N–H and O–H groups in total. The Balaban J connectivity index is 1.55. The minimum atomic E-state index is -0.109. The lowest BCUT2D eigenvalue weighted by Crippen LogP contribution is -2.41. The molecule has 0 radical (unpaired) electrons. The first-order valence-corrected chi connectivity index (χ1v) is 13.7. The maximum Gasteiger partial charge on any atom is 0.254 e. The molecule has 1 amide bonds. The SMILES string of the molecule is CCN(CC)CCOc1ccc(C(=O)N2C/C(=C\c3ccc(C)cc3)C(=O)/C(=C/c3ccc(C)cc3)C2)cc1. The van der Waals surface area contributed by atoms with E-state index in [1.54, 1.807) is 17.0 Å². The molecule has 0 bridgehead atoms. The minimum Gasteiger partial charge on any atom is -0.492 e. The summed E-state index contributed by atoms with van der Waals surface area (Å²) in [6.45, 7) is 12.3. The van der Waals surface area contributed by atoms with Crippen LogP contribution in [-0.2, 0) is 4.79 Å². The van der Waals surface area contributed by atoms with Gasteiger partial charge in [-0.05, 0) is 74.5 Å². The van der Waals surface area contributed by atoms with Crippen molar-refractivity contribution in [3.63, 3.8) is 0 Å². The van der Waals surface area contributed by atoms with E-state index in [9.17, 15) is 9.59 Å². The Morgan fingerprint density at radius 3 is 1.74 bits per heavy atom. The predicted molar refractivity (Wildman–Crippen MR) is 159 cm³/mol. The molecule has 4 rings (SSSR count). The number of aryl methyl sites for hydroxylation is 2. The average Bonchev–Trinajstić information content (AvgIpc) is 2.95. The predicted octanol–water partition coefficient (Wildman–Crippen LogP) is 6.22. The summed E-state index contributed by atoms with van der Waals surface area (Å²) < 4.78 is 5.89. The highest BCUT2D eigenvalue weighted by molar-refractivity contribution is 6.15. The normalized spacial score (nSPS) is 15.8. The summed E-state index contributed by atoms with van der Waals surface area (Å²) in [7, 11) is 0. The number of amides is 1. The van der Waals surface area contributed by atoms with Crippen LogP contribution in [0.3, 0.4) is 0 Å². The molecule has 3 aromatic rings. The molecule has 5 heteroatoms. The van der Waals surface area contributed by atoms with Gasteiger partial charge in [0.15, 0.2) is 5.78 Å². The summed E-state index contributed by atoms with van der Waals surface area (Å²) in [5, 5.41) is 0. The van der Waals surface area contributed by atoms with E-state index in [-0.39, 0.29) is 24.8 Å². The first-order valence-electron chi connectivity index (χ1n) is 13.7. The van der Waals surface area contributed by atoms with Gasteiger partial charge in [-0.3, -0.25) is 9.59 Å². The van der Waals surface area contributed by atoms with E-state index in [1.807, 2.05) is 86.7 Å². The Labute approximate surface area is 232 Å². The highest BCUT2D eigenvalue weighted by atomic mass is 16.5. The van der Waals surface area contributed by atoms with E-state index in [2.05, 4.69) is 18.7 Å². The van der Waals surface area contributed by atoms with Crippen molar-refractivity contribution in [1.29, 1.82) is 0 Å². The molecule has 1 aliphatic heterocycles. The average molecular weight is 523 g/mol. The maximum absolute atomic E-state index is 13.6. The lowest BCUT2D eigenvalue weighted by atomic mass is 9.93. The monoisotopic (exact) mass is 522 g/mol. The van der Waals surface area contributed by atoms with Gasteiger partial charge in [-0.25, -0.2) is 0 Å². The zero-order valence-electron chi connectivity index (χ0n) is 23.4. The number of likely N-dealkylation sites (tertiary alicyclic amines) is 1. The van der Waals surface area contributed by atoms with Crippen molar-refractivity contribution < 1.29 is 14.3 Å². The minimum absolute atomic E-state index is 0.0165. The number of hydrogen-bond acceptors (Lipinski definition) is 4. The summed E-state index contributed by atoms with van der Waals surface area (Å²) in [6.07, 6.45) is 3.80. The standard InChI is InChI=1S/C34H38N2O3/c1-5-35(6-2)19-20-39-32-17-15-29(16-18-32)34(38)36-23-30(21-27-11-7-25(3)8-12-27)33(37)31(24-36)22-28-13-9-26(4)10-14-28/h7-18,21-22H,5-6,19-20,23-24H2,1-4H3/b30-21+,31-22+. The topological polar surface area (TPSA) is 49.9 Å². The van der Waals surface area contributed by atoms with Crippen LogP contribution >= 0.6 is 0 Å². The number of nitrogens with zero attached hydrogens (tertiary/aromatic N) is 2. The van der Waals surface area contributed by atoms with Crippen molar-refractivity contribution in [2.24, 2.45) is 0 Å². The van der Waals surface area contributed by atoms with Crippen LogP contribution < -0.4 is 4.74 Å². The second-order valence-corrected chi connectivity index (χ2v) is 10.1. The molecule has 0 aliphatic carbocycles. The molecule has 1 saturated heterocycles. The second kappa shape index (κ2) is 13.2. The quantitative estimate of drug-likeness (QED) is 0.313. The second-order valence-electron chi connectivity index (χ2n) is 10.1. The smallest absolute Gasteiger partial charge is 0.254 e. The molecule has 0 unspecified atom stereocenters. The van der Waals surface area contributed by atoms with Crippen LogP contribution in [0.4, 0.5) is 0 Å². The number of hydrogen-bond donors (Lipinski definition) is 0. The zero-order chi connectivity index (χ0) is 27.8. The third-order valence-electron chi connectivity index (χ3n) is 7.10. The van der Waals surface area contributed by atoms with Gasteiger partial charge in [0, 0.05) is 23.3 Å². The fraction of sp³-hybridized carbons (Fsp3) is 0.294. The number of likely N-dealkylation sites (N-methyl/N-ethyl adjacent to an activating group) is 1. The summed E-state index contributed by atoms with van der Waals surface area (Å²) in [5.74, 6) is 0.617. The van der Waals surface area contributed by atoms with Crippen LogP contribution in [-0.4, -0.2) is 60.8 Å². The van der Waals surface area contributed by atoms with Crippen LogP contribution in [0.5, 0.6) is 5.75 Å². The van der Waals surface area contributed by atoms with Gasteiger partial charge in [-0.1, -0.05) is 73.5 Å². The number of carbonyl (C=O) groups is 2. The van der Waals surface area contributed by atoms with Crippen molar-refractivity contribution in [3.8, 4) is 5.75 Å². The van der Waals surface area contributed by atoms with Gasteiger partial charge >= 0.3 is 0 Å². The van der Waals surface area contributed by atoms with Crippen molar-refractivity contribution in [3.05, 3.63) is 112 Å². The van der Waals surface area contributed by atoms with Gasteiger partial charge in [-0.15, -0.1) is 0 Å². The third kappa shape index (κ3) is 7.55. The maximum atomic E-state index is 13.6. The van der Waals surface area contributed by atoms with E-state index in [1.165, 1.54) is 0 Å². The fourth-order valence-corrected chi connectivity index (χ4v) is 4.62. The molecule has 202 valence electrons. The molecule has 1 aliphatic rings. The summed E-state index contributed by atoms with van der Waals surface area (Å²) in [5.41, 5.74) is 5.98. The van der Waals surface area contributed by atoms with Gasteiger partial charge in [0.25, 0.3) is 5.91 Å². The Hall–Kier alpha value is -3.96. The first-order chi connectivity index (χ1) is 18.9. The van der Waals surface area contributed by atoms with Crippen molar-refractivity contribution in [2.45, 2.75) is 27.7 Å². The van der Waals surface area contributed by atoms with Gasteiger partial charge in [0.1, 0.15) is 12.4 Å². The number of carbonyl (C=O) groups excluding carboxylic acids is 2. The van der Waals surface area contributed by atoms with Crippen LogP contribution in [0.25, 0.3) is 12.2 Å². The molecule has 39 heavy (non-hydrogen) atoms. The van der Waals surface area contributed by atoms with E-state index >= 15 is 0 Å². The number of Topliss-reactive ketones (excluding diaryl/α,β-unsaturated/α-hetero) is 1. The Morgan fingerprint density at radius 2 is 1.28 bits per heavy atom. The van der Waals surface area contributed by atoms with Crippen molar-refractivity contribution >= 4 is 23.8 Å². The number of piperidine rings is 1. The lowest BCUT2D eigenvalue weighted by molar-refractivity contribution is -0.113. The van der Waals surface area contributed by atoms with Crippen LogP contribution in [0.15, 0.2) is 83.9 Å². The number of rotatable bonds is 9. The van der Waals surface area contributed by atoms with E-state index in [0.717, 1.165) is 47.6 Å². The van der Waals surface area contributed by atoms with Crippen molar-refractivity contribution in [1.82, 2.24) is 9.80 Å². The molecule has 0 saturated carbocycles. The van der Waals surface area contributed by atoms with E-state index in [0.29, 0.717) is 23.3 Å². The summed E-state index contributed by atoms with van der Waals surface area (Å²) in [6, 6.07) is 23.4. The van der Waals surface area contributed by atoms with Crippen LogP contribution in [0.2, 0.25) is 0 Å². The summed E-state index contributed by atoms with van der Waals surface area (Å²) in [4.78, 5) is 31.2. The number of ether oxygens (including phenoxy) is 1. The molecule has 5 nitrogen and oxygen atoms in total. The Kier molecular flexibility index (Phi) is 9.50. The van der Waals surface area contributed by atoms with Crippen LogP contribution in [0.1, 0.15) is 46.5 Å². The Bertz CT molecular complexity index is 1270. The van der Waals surface area contributed by atoms with Gasteiger partial charge in [0.2, 0.25) is 0 Å². The highest BCUT2D eigenvalue weighted by Gasteiger charge is 2.29. The molecule has 0 spiro atoms. The highest BCUT2D eigenvalue weighted by Crippen LogP contribution is 2.24. The molecule has 1 heterocycles. The zero-order valence-corrected chi connectivity index (χ0v) is 23.4. The molecular weight excluding hydrogens is 484 g/mol. The number of benzene rings is 3. The van der Waals surface area contributed by atoms with Gasteiger partial charge < -0.3 is 14.5 Å².